The number of nitrogens with zero attached hydrogens (tertiary/aromatic N) is 1. The topological polar surface area (TPSA) is 29.5 Å². The monoisotopic (exact) mass is 273 g/mol. The summed E-state index contributed by atoms with van der Waals surface area (Å²) in [5.74, 6) is 0.602. The molecule has 1 rings (SSSR count). The second-order valence-electron chi connectivity index (χ2n) is 6.02. The van der Waals surface area contributed by atoms with E-state index < -0.39 is 0 Å². The summed E-state index contributed by atoms with van der Waals surface area (Å²) >= 11 is 1.83. The first-order valence-electron chi connectivity index (χ1n) is 6.91. The van der Waals surface area contributed by atoms with Crippen molar-refractivity contribution in [2.75, 3.05) is 13.7 Å². The second-order valence-corrected chi connectivity index (χ2v) is 8.00. The van der Waals surface area contributed by atoms with Crippen LogP contribution in [0.3, 0.4) is 0 Å². The predicted octanol–water partition coefficient (Wildman–Crippen LogP) is 3.49. The normalized spacial score (nSPS) is 18.6. The molecule has 0 aromatic rings. The van der Waals surface area contributed by atoms with Crippen molar-refractivity contribution in [2.45, 2.75) is 64.2 Å². The van der Waals surface area contributed by atoms with Gasteiger partial charge in [-0.3, -0.25) is 4.79 Å². The minimum absolute atomic E-state index is 0.0595. The zero-order valence-electron chi connectivity index (χ0n) is 12.4. The lowest BCUT2D eigenvalue weighted by Gasteiger charge is -2.40. The molecule has 0 heterocycles. The van der Waals surface area contributed by atoms with Gasteiger partial charge in [0.25, 0.3) is 0 Å². The minimum Gasteiger partial charge on any atom is -0.466 e. The predicted molar refractivity (Wildman–Crippen MR) is 77.5 cm³/mol. The van der Waals surface area contributed by atoms with Gasteiger partial charge in [0.1, 0.15) is 0 Å². The van der Waals surface area contributed by atoms with Gasteiger partial charge >= 0.3 is 5.97 Å². The largest absolute Gasteiger partial charge is 0.466 e. The molecule has 0 spiro atoms. The second kappa shape index (κ2) is 6.80. The van der Waals surface area contributed by atoms with Gasteiger partial charge in [0.2, 0.25) is 0 Å². The summed E-state index contributed by atoms with van der Waals surface area (Å²) in [4.78, 5) is 11.7. The quantitative estimate of drug-likeness (QED) is 0.547. The van der Waals surface area contributed by atoms with Gasteiger partial charge in [0.05, 0.1) is 13.0 Å². The van der Waals surface area contributed by atoms with Crippen LogP contribution in [-0.4, -0.2) is 34.7 Å². The van der Waals surface area contributed by atoms with E-state index in [1.165, 1.54) is 19.3 Å². The lowest BCUT2D eigenvalue weighted by atomic mass is 9.78. The van der Waals surface area contributed by atoms with Gasteiger partial charge in [-0.25, -0.2) is 4.31 Å². The average Bonchev–Trinajstić information content (AvgIpc) is 2.11. The summed E-state index contributed by atoms with van der Waals surface area (Å²) in [6, 6.07) is 0.321. The first-order chi connectivity index (χ1) is 8.33. The van der Waals surface area contributed by atoms with Crippen LogP contribution in [0, 0.1) is 5.92 Å². The highest BCUT2D eigenvalue weighted by molar-refractivity contribution is 7.98. The molecule has 0 aromatic carbocycles. The molecule has 0 saturated heterocycles. The Bertz CT molecular complexity index is 271. The van der Waals surface area contributed by atoms with Crippen LogP contribution in [0.25, 0.3) is 0 Å². The maximum atomic E-state index is 11.7. The molecule has 1 fully saturated rings. The third kappa shape index (κ3) is 5.19. The van der Waals surface area contributed by atoms with E-state index in [0.717, 1.165) is 0 Å². The first kappa shape index (κ1) is 15.8. The van der Waals surface area contributed by atoms with Crippen molar-refractivity contribution in [2.24, 2.45) is 5.92 Å². The fourth-order valence-electron chi connectivity index (χ4n) is 2.31. The molecular weight excluding hydrogens is 246 g/mol. The molecule has 1 aliphatic carbocycles. The Kier molecular flexibility index (Phi) is 5.99. The molecule has 1 saturated carbocycles. The Labute approximate surface area is 116 Å². The van der Waals surface area contributed by atoms with Gasteiger partial charge in [-0.15, -0.1) is 0 Å². The molecule has 0 bridgehead atoms. The van der Waals surface area contributed by atoms with E-state index in [0.29, 0.717) is 25.0 Å². The Morgan fingerprint density at radius 1 is 1.44 bits per heavy atom. The van der Waals surface area contributed by atoms with Crippen molar-refractivity contribution in [3.05, 3.63) is 0 Å². The smallest absolute Gasteiger partial charge is 0.307 e. The molecule has 1 unspecified atom stereocenters. The van der Waals surface area contributed by atoms with Crippen LogP contribution in [0.15, 0.2) is 0 Å². The van der Waals surface area contributed by atoms with E-state index >= 15 is 0 Å². The molecule has 1 aliphatic rings. The van der Waals surface area contributed by atoms with Crippen LogP contribution in [0.5, 0.6) is 0 Å². The Hall–Kier alpha value is -0.220. The molecule has 0 amide bonds. The third-order valence-electron chi connectivity index (χ3n) is 3.26. The fraction of sp³-hybridized carbons (Fsp3) is 0.929. The van der Waals surface area contributed by atoms with Crippen molar-refractivity contribution in [1.29, 1.82) is 0 Å². The van der Waals surface area contributed by atoms with Gasteiger partial charge in [-0.05, 0) is 53.5 Å². The SMILES string of the molecule is CCOC(=O)CC(C1CCC1)N(C)SC(C)(C)C. The first-order valence-corrected chi connectivity index (χ1v) is 7.68. The number of carbonyl (C=O) groups is 1. The minimum atomic E-state index is -0.0595. The van der Waals surface area contributed by atoms with Crippen molar-refractivity contribution >= 4 is 17.9 Å². The molecule has 0 aliphatic heterocycles. The van der Waals surface area contributed by atoms with Crippen molar-refractivity contribution in [1.82, 2.24) is 4.31 Å². The lowest BCUT2D eigenvalue weighted by molar-refractivity contribution is -0.144. The van der Waals surface area contributed by atoms with Crippen molar-refractivity contribution in [3.63, 3.8) is 0 Å². The molecule has 0 radical (unpaired) electrons. The van der Waals surface area contributed by atoms with Gasteiger partial charge in [0.15, 0.2) is 0 Å². The van der Waals surface area contributed by atoms with Crippen LogP contribution < -0.4 is 0 Å². The molecular formula is C14H27NO2S. The van der Waals surface area contributed by atoms with E-state index in [-0.39, 0.29) is 10.7 Å². The summed E-state index contributed by atoms with van der Waals surface area (Å²) in [5, 5.41) is 0. The number of carbonyl (C=O) groups excluding carboxylic acids is 1. The maximum absolute atomic E-state index is 11.7. The molecule has 4 heteroatoms. The molecule has 0 aromatic heterocycles. The molecule has 106 valence electrons. The lowest BCUT2D eigenvalue weighted by Crippen LogP contribution is -2.41. The van der Waals surface area contributed by atoms with Gasteiger partial charge in [-0.2, -0.15) is 0 Å². The fourth-order valence-corrected chi connectivity index (χ4v) is 3.55. The summed E-state index contributed by atoms with van der Waals surface area (Å²) in [6.45, 7) is 8.96. The van der Waals surface area contributed by atoms with E-state index in [4.69, 9.17) is 4.74 Å². The van der Waals surface area contributed by atoms with Gasteiger partial charge < -0.3 is 4.74 Å². The zero-order chi connectivity index (χ0) is 13.8. The van der Waals surface area contributed by atoms with E-state index in [9.17, 15) is 4.79 Å². The molecule has 0 N–H and O–H groups in total. The zero-order valence-corrected chi connectivity index (χ0v) is 13.2. The van der Waals surface area contributed by atoms with Gasteiger partial charge in [0, 0.05) is 10.8 Å². The number of esters is 1. The van der Waals surface area contributed by atoms with Crippen LogP contribution >= 0.6 is 11.9 Å². The number of rotatable bonds is 6. The van der Waals surface area contributed by atoms with Crippen molar-refractivity contribution < 1.29 is 9.53 Å². The van der Waals surface area contributed by atoms with Gasteiger partial charge in [-0.1, -0.05) is 18.4 Å². The number of hydrogen-bond donors (Lipinski definition) is 0. The van der Waals surface area contributed by atoms with Crippen LogP contribution in [0.1, 0.15) is 53.4 Å². The van der Waals surface area contributed by atoms with E-state index in [1.54, 1.807) is 0 Å². The van der Waals surface area contributed by atoms with Crippen LogP contribution in [0.2, 0.25) is 0 Å². The van der Waals surface area contributed by atoms with Crippen molar-refractivity contribution in [3.8, 4) is 0 Å². The highest BCUT2D eigenvalue weighted by Crippen LogP contribution is 2.38. The average molecular weight is 273 g/mol. The third-order valence-corrected chi connectivity index (χ3v) is 4.37. The maximum Gasteiger partial charge on any atom is 0.307 e. The number of hydrogen-bond acceptors (Lipinski definition) is 4. The molecule has 1 atom stereocenters. The summed E-state index contributed by atoms with van der Waals surface area (Å²) in [6.07, 6.45) is 4.33. The Balaban J connectivity index is 2.57. The number of ether oxygens (including phenoxy) is 1. The Morgan fingerprint density at radius 3 is 2.44 bits per heavy atom. The highest BCUT2D eigenvalue weighted by Gasteiger charge is 2.34. The highest BCUT2D eigenvalue weighted by atomic mass is 32.2. The van der Waals surface area contributed by atoms with E-state index in [1.807, 2.05) is 18.9 Å². The molecule has 18 heavy (non-hydrogen) atoms. The summed E-state index contributed by atoms with van der Waals surface area (Å²) < 4.78 is 7.56. The van der Waals surface area contributed by atoms with E-state index in [2.05, 4.69) is 32.1 Å². The van der Waals surface area contributed by atoms with Crippen LogP contribution in [-0.2, 0) is 9.53 Å². The Morgan fingerprint density at radius 2 is 2.06 bits per heavy atom. The molecule has 3 nitrogen and oxygen atoms in total. The van der Waals surface area contributed by atoms with Crippen LogP contribution in [0.4, 0.5) is 0 Å². The summed E-state index contributed by atoms with van der Waals surface area (Å²) in [5.41, 5.74) is 0. The standard InChI is InChI=1S/C14H27NO2S/c1-6-17-13(16)10-12(11-8-7-9-11)15(5)18-14(2,3)4/h11-12H,6-10H2,1-5H3. The summed E-state index contributed by atoms with van der Waals surface area (Å²) in [7, 11) is 2.11.